The summed E-state index contributed by atoms with van der Waals surface area (Å²) in [5.41, 5.74) is 0.00929. The summed E-state index contributed by atoms with van der Waals surface area (Å²) in [5.74, 6) is -0.378. The summed E-state index contributed by atoms with van der Waals surface area (Å²) in [5, 5.41) is 2.59. The number of esters is 1. The zero-order valence-corrected chi connectivity index (χ0v) is 16.3. The minimum absolute atomic E-state index is 0.0743. The van der Waals surface area contributed by atoms with Crippen molar-refractivity contribution in [1.29, 1.82) is 0 Å². The average Bonchev–Trinajstić information content (AvgIpc) is 3.08. The Hall–Kier alpha value is -2.75. The molecule has 0 saturated carbocycles. The van der Waals surface area contributed by atoms with Gasteiger partial charge in [0.05, 0.1) is 12.9 Å². The number of aromatic amines is 1. The number of hydrogen-bond acceptors (Lipinski definition) is 7. The maximum Gasteiger partial charge on any atom is 0.305 e. The molecule has 1 amide bonds. The molecule has 154 valence electrons. The molecule has 0 aliphatic rings. The van der Waals surface area contributed by atoms with Crippen LogP contribution in [0.25, 0.3) is 11.2 Å². The van der Waals surface area contributed by atoms with Crippen LogP contribution in [-0.2, 0) is 25.8 Å². The lowest BCUT2D eigenvalue weighted by Gasteiger charge is -2.08. The van der Waals surface area contributed by atoms with E-state index in [0.29, 0.717) is 18.5 Å². The number of rotatable bonds is 12. The van der Waals surface area contributed by atoms with Crippen LogP contribution in [0, 0.1) is 0 Å². The Labute approximate surface area is 162 Å². The standard InChI is InChI=1S/C18H27N5O5/c1-3-5-7-13(24)20-18-21-16-15(17(26)22-18)19-11-23(16)12-27-9-10-28-14(25)8-6-4-2/h11H,3-10,12H2,1-2H3,(H2,20,21,22,24,26). The third-order valence-corrected chi connectivity index (χ3v) is 3.95. The minimum Gasteiger partial charge on any atom is -0.463 e. The fraction of sp³-hybridized carbons (Fsp3) is 0.611. The van der Waals surface area contributed by atoms with E-state index >= 15 is 0 Å². The van der Waals surface area contributed by atoms with Gasteiger partial charge in [0.25, 0.3) is 5.56 Å². The third kappa shape index (κ3) is 6.45. The third-order valence-electron chi connectivity index (χ3n) is 3.95. The Morgan fingerprint density at radius 3 is 2.68 bits per heavy atom. The number of aromatic nitrogens is 4. The number of carbonyl (C=O) groups is 2. The Balaban J connectivity index is 1.91. The van der Waals surface area contributed by atoms with Gasteiger partial charge in [-0.3, -0.25) is 29.3 Å². The van der Waals surface area contributed by atoms with E-state index in [1.54, 1.807) is 4.57 Å². The number of nitrogens with zero attached hydrogens (tertiary/aromatic N) is 3. The highest BCUT2D eigenvalue weighted by Gasteiger charge is 2.12. The minimum atomic E-state index is -0.445. The second-order valence-electron chi connectivity index (χ2n) is 6.31. The van der Waals surface area contributed by atoms with Crippen molar-refractivity contribution < 1.29 is 19.1 Å². The van der Waals surface area contributed by atoms with E-state index in [9.17, 15) is 14.4 Å². The van der Waals surface area contributed by atoms with E-state index in [2.05, 4.69) is 20.3 Å². The van der Waals surface area contributed by atoms with Gasteiger partial charge in [0.1, 0.15) is 13.3 Å². The lowest BCUT2D eigenvalue weighted by molar-refractivity contribution is -0.145. The van der Waals surface area contributed by atoms with Crippen molar-refractivity contribution in [2.24, 2.45) is 0 Å². The normalized spacial score (nSPS) is 10.9. The lowest BCUT2D eigenvalue weighted by atomic mass is 10.2. The van der Waals surface area contributed by atoms with E-state index in [1.807, 2.05) is 13.8 Å². The van der Waals surface area contributed by atoms with Crippen molar-refractivity contribution in [3.8, 4) is 0 Å². The number of H-pyrrole nitrogens is 1. The molecule has 0 bridgehead atoms. The molecule has 28 heavy (non-hydrogen) atoms. The maximum absolute atomic E-state index is 12.1. The van der Waals surface area contributed by atoms with Crippen molar-refractivity contribution in [2.45, 2.75) is 59.1 Å². The van der Waals surface area contributed by atoms with Gasteiger partial charge < -0.3 is 9.47 Å². The molecule has 10 heteroatoms. The number of fused-ring (bicyclic) bond motifs is 1. The van der Waals surface area contributed by atoms with Crippen LogP contribution < -0.4 is 10.9 Å². The molecule has 0 aliphatic heterocycles. The van der Waals surface area contributed by atoms with Gasteiger partial charge in [-0.2, -0.15) is 4.98 Å². The Kier molecular flexibility index (Phi) is 8.60. The summed E-state index contributed by atoms with van der Waals surface area (Å²) in [6.07, 6.45) is 5.59. The zero-order chi connectivity index (χ0) is 20.4. The Bertz CT molecular complexity index is 844. The van der Waals surface area contributed by atoms with Crippen LogP contribution in [0.5, 0.6) is 0 Å². The molecule has 10 nitrogen and oxygen atoms in total. The van der Waals surface area contributed by atoms with E-state index in [4.69, 9.17) is 9.47 Å². The molecule has 0 spiro atoms. The molecule has 2 rings (SSSR count). The first-order chi connectivity index (χ1) is 13.5. The Morgan fingerprint density at radius 2 is 1.93 bits per heavy atom. The first-order valence-electron chi connectivity index (χ1n) is 9.53. The lowest BCUT2D eigenvalue weighted by Crippen LogP contribution is -2.19. The van der Waals surface area contributed by atoms with Crippen molar-refractivity contribution in [1.82, 2.24) is 19.5 Å². The van der Waals surface area contributed by atoms with Gasteiger partial charge in [-0.1, -0.05) is 26.7 Å². The van der Waals surface area contributed by atoms with Gasteiger partial charge in [-0.05, 0) is 12.8 Å². The van der Waals surface area contributed by atoms with E-state index in [-0.39, 0.29) is 43.3 Å². The van der Waals surface area contributed by atoms with Crippen LogP contribution >= 0.6 is 0 Å². The molecule has 2 heterocycles. The smallest absolute Gasteiger partial charge is 0.305 e. The first-order valence-corrected chi connectivity index (χ1v) is 9.53. The Morgan fingerprint density at radius 1 is 1.18 bits per heavy atom. The van der Waals surface area contributed by atoms with Crippen LogP contribution in [0.2, 0.25) is 0 Å². The second-order valence-corrected chi connectivity index (χ2v) is 6.31. The summed E-state index contributed by atoms with van der Waals surface area (Å²) >= 11 is 0. The van der Waals surface area contributed by atoms with Gasteiger partial charge in [-0.15, -0.1) is 0 Å². The molecule has 0 aromatic carbocycles. The predicted molar refractivity (Wildman–Crippen MR) is 103 cm³/mol. The molecule has 0 aliphatic carbocycles. The van der Waals surface area contributed by atoms with Gasteiger partial charge in [0.15, 0.2) is 11.2 Å². The summed E-state index contributed by atoms with van der Waals surface area (Å²) in [6.45, 7) is 4.45. The van der Waals surface area contributed by atoms with Crippen molar-refractivity contribution >= 4 is 29.0 Å². The highest BCUT2D eigenvalue weighted by atomic mass is 16.6. The van der Waals surface area contributed by atoms with Crippen LogP contribution in [-0.4, -0.2) is 44.6 Å². The van der Waals surface area contributed by atoms with Crippen LogP contribution in [0.3, 0.4) is 0 Å². The average molecular weight is 393 g/mol. The molecule has 0 radical (unpaired) electrons. The second kappa shape index (κ2) is 11.2. The fourth-order valence-corrected chi connectivity index (χ4v) is 2.41. The van der Waals surface area contributed by atoms with Gasteiger partial charge in [-0.25, -0.2) is 4.98 Å². The maximum atomic E-state index is 12.1. The number of anilines is 1. The molecule has 2 N–H and O–H groups in total. The summed E-state index contributed by atoms with van der Waals surface area (Å²) < 4.78 is 12.1. The molecule has 0 saturated heterocycles. The zero-order valence-electron chi connectivity index (χ0n) is 16.3. The molecule has 2 aromatic rings. The number of amides is 1. The van der Waals surface area contributed by atoms with Gasteiger partial charge in [0.2, 0.25) is 11.9 Å². The molecule has 2 aromatic heterocycles. The topological polar surface area (TPSA) is 128 Å². The molecular formula is C18H27N5O5. The van der Waals surface area contributed by atoms with Crippen LogP contribution in [0.15, 0.2) is 11.1 Å². The highest BCUT2D eigenvalue weighted by Crippen LogP contribution is 2.09. The molecule has 0 unspecified atom stereocenters. The van der Waals surface area contributed by atoms with Crippen LogP contribution in [0.1, 0.15) is 52.4 Å². The summed E-state index contributed by atoms with van der Waals surface area (Å²) in [6, 6.07) is 0. The van der Waals surface area contributed by atoms with E-state index in [0.717, 1.165) is 25.7 Å². The van der Waals surface area contributed by atoms with Crippen molar-refractivity contribution in [2.75, 3.05) is 18.5 Å². The number of imidazole rings is 1. The largest absolute Gasteiger partial charge is 0.463 e. The number of unbranched alkanes of at least 4 members (excludes halogenated alkanes) is 2. The van der Waals surface area contributed by atoms with Crippen molar-refractivity contribution in [3.63, 3.8) is 0 Å². The molecule has 0 atom stereocenters. The highest BCUT2D eigenvalue weighted by molar-refractivity contribution is 5.89. The van der Waals surface area contributed by atoms with Crippen molar-refractivity contribution in [3.05, 3.63) is 16.7 Å². The van der Waals surface area contributed by atoms with E-state index in [1.165, 1.54) is 6.33 Å². The fourth-order valence-electron chi connectivity index (χ4n) is 2.41. The first kappa shape index (κ1) is 21.5. The quantitative estimate of drug-likeness (QED) is 0.416. The predicted octanol–water partition coefficient (Wildman–Crippen LogP) is 1.96. The SMILES string of the molecule is CCCCC(=O)Nc1nc2c(ncn2COCCOC(=O)CCCC)c(=O)[nH]1. The van der Waals surface area contributed by atoms with Crippen LogP contribution in [0.4, 0.5) is 5.95 Å². The number of hydrogen-bond donors (Lipinski definition) is 2. The molecular weight excluding hydrogens is 366 g/mol. The number of nitrogens with one attached hydrogen (secondary N) is 2. The van der Waals surface area contributed by atoms with E-state index < -0.39 is 5.56 Å². The number of carbonyl (C=O) groups excluding carboxylic acids is 2. The summed E-state index contributed by atoms with van der Waals surface area (Å²) in [4.78, 5) is 46.2. The molecule has 0 fully saturated rings. The number of ether oxygens (including phenoxy) is 2. The summed E-state index contributed by atoms with van der Waals surface area (Å²) in [7, 11) is 0. The van der Waals surface area contributed by atoms with Gasteiger partial charge >= 0.3 is 5.97 Å². The monoisotopic (exact) mass is 393 g/mol. The van der Waals surface area contributed by atoms with Gasteiger partial charge in [0, 0.05) is 12.8 Å².